The molecule has 2 aromatic heterocycles. The summed E-state index contributed by atoms with van der Waals surface area (Å²) in [4.78, 5) is 8.63. The van der Waals surface area contributed by atoms with Gasteiger partial charge in [-0.1, -0.05) is 23.9 Å². The van der Waals surface area contributed by atoms with Gasteiger partial charge < -0.3 is 4.74 Å². The molecule has 1 N–H and O–H groups in total. The van der Waals surface area contributed by atoms with Crippen molar-refractivity contribution in [1.82, 2.24) is 20.2 Å². The molecule has 3 aromatic rings. The number of aromatic nitrogens is 4. The molecule has 3 rings (SSSR count). The minimum Gasteiger partial charge on any atom is -0.492 e. The van der Waals surface area contributed by atoms with Crippen molar-refractivity contribution in [3.8, 4) is 17.1 Å². The van der Waals surface area contributed by atoms with Crippen LogP contribution in [0.25, 0.3) is 11.4 Å². The molecule has 0 saturated carbocycles. The number of benzene rings is 1. The Morgan fingerprint density at radius 2 is 2.09 bits per heavy atom. The van der Waals surface area contributed by atoms with Gasteiger partial charge in [0.1, 0.15) is 11.6 Å². The van der Waals surface area contributed by atoms with Gasteiger partial charge in [-0.15, -0.1) is 5.10 Å². The van der Waals surface area contributed by atoms with E-state index in [4.69, 9.17) is 4.74 Å². The van der Waals surface area contributed by atoms with E-state index in [1.165, 1.54) is 17.8 Å². The topological polar surface area (TPSA) is 63.7 Å². The predicted octanol–water partition coefficient (Wildman–Crippen LogP) is 3.70. The van der Waals surface area contributed by atoms with Crippen LogP contribution in [0.3, 0.4) is 0 Å². The second-order valence-corrected chi connectivity index (χ2v) is 5.60. The molecule has 0 amide bonds. The fourth-order valence-corrected chi connectivity index (χ4v) is 2.69. The lowest BCUT2D eigenvalue weighted by molar-refractivity contribution is 0.338. The number of hydrogen-bond donors (Lipinski definition) is 1. The summed E-state index contributed by atoms with van der Waals surface area (Å²) in [6.07, 6.45) is 1.70. The largest absolute Gasteiger partial charge is 0.492 e. The van der Waals surface area contributed by atoms with Crippen molar-refractivity contribution >= 4 is 11.8 Å². The van der Waals surface area contributed by atoms with E-state index < -0.39 is 0 Å². The van der Waals surface area contributed by atoms with Gasteiger partial charge in [-0.3, -0.25) is 10.1 Å². The van der Waals surface area contributed by atoms with Gasteiger partial charge in [-0.2, -0.15) is 0 Å². The fraction of sp³-hybridized carbons (Fsp3) is 0.188. The van der Waals surface area contributed by atoms with E-state index in [2.05, 4.69) is 20.2 Å². The van der Waals surface area contributed by atoms with Gasteiger partial charge in [-0.05, 0) is 31.2 Å². The Kier molecular flexibility index (Phi) is 4.87. The van der Waals surface area contributed by atoms with Gasteiger partial charge in [0.2, 0.25) is 5.16 Å². The zero-order chi connectivity index (χ0) is 16.1. The first-order chi connectivity index (χ1) is 11.3. The van der Waals surface area contributed by atoms with Crippen LogP contribution < -0.4 is 4.74 Å². The summed E-state index contributed by atoms with van der Waals surface area (Å²) in [7, 11) is 0. The molecule has 2 heterocycles. The summed E-state index contributed by atoms with van der Waals surface area (Å²) >= 11 is 1.43. The van der Waals surface area contributed by atoms with E-state index in [9.17, 15) is 4.39 Å². The van der Waals surface area contributed by atoms with Crippen molar-refractivity contribution in [2.24, 2.45) is 0 Å². The Labute approximate surface area is 137 Å². The Hall–Kier alpha value is -2.41. The third-order valence-electron chi connectivity index (χ3n) is 3.05. The molecule has 0 spiro atoms. The lowest BCUT2D eigenvalue weighted by Gasteiger charge is -2.03. The van der Waals surface area contributed by atoms with Crippen LogP contribution in [0, 0.1) is 5.82 Å². The second kappa shape index (κ2) is 7.23. The summed E-state index contributed by atoms with van der Waals surface area (Å²) in [5.74, 6) is 1.47. The minimum atomic E-state index is -0.326. The third kappa shape index (κ3) is 3.87. The van der Waals surface area contributed by atoms with Crippen LogP contribution in [0.1, 0.15) is 12.6 Å². The van der Waals surface area contributed by atoms with E-state index in [-0.39, 0.29) is 5.82 Å². The number of ether oxygens (including phenoxy) is 1. The van der Waals surface area contributed by atoms with Crippen LogP contribution in [0.5, 0.6) is 5.75 Å². The number of thioether (sulfide) groups is 1. The summed E-state index contributed by atoms with van der Waals surface area (Å²) < 4.78 is 19.1. The van der Waals surface area contributed by atoms with Gasteiger partial charge in [0.05, 0.1) is 24.1 Å². The zero-order valence-corrected chi connectivity index (χ0v) is 13.3. The fourth-order valence-electron chi connectivity index (χ4n) is 1.97. The molecule has 0 aliphatic heterocycles. The maximum absolute atomic E-state index is 13.7. The highest BCUT2D eigenvalue weighted by Crippen LogP contribution is 2.23. The first-order valence-corrected chi connectivity index (χ1v) is 8.12. The molecule has 0 unspecified atom stereocenters. The van der Waals surface area contributed by atoms with Gasteiger partial charge in [0, 0.05) is 5.75 Å². The van der Waals surface area contributed by atoms with E-state index in [1.54, 1.807) is 24.4 Å². The van der Waals surface area contributed by atoms with Gasteiger partial charge in [0.25, 0.3) is 0 Å². The minimum absolute atomic E-state index is 0.326. The number of pyridine rings is 1. The molecule has 118 valence electrons. The van der Waals surface area contributed by atoms with Crippen molar-refractivity contribution in [2.75, 3.05) is 6.61 Å². The smallest absolute Gasteiger partial charge is 0.209 e. The molecule has 0 radical (unpaired) electrons. The van der Waals surface area contributed by atoms with Gasteiger partial charge >= 0.3 is 0 Å². The Bertz CT molecular complexity index is 776. The SMILES string of the molecule is CCOc1ccc(CSc2n[nH]c(-c3ccccc3F)n2)nc1. The average molecular weight is 330 g/mol. The Balaban J connectivity index is 1.64. The van der Waals surface area contributed by atoms with Crippen LogP contribution in [0.15, 0.2) is 47.8 Å². The standard InChI is InChI=1S/C16H15FN4OS/c1-2-22-12-8-7-11(18-9-12)10-23-16-19-15(20-21-16)13-5-3-4-6-14(13)17/h3-9H,2,10H2,1H3,(H,19,20,21). The highest BCUT2D eigenvalue weighted by Gasteiger charge is 2.10. The number of rotatable bonds is 6. The molecule has 0 bridgehead atoms. The number of nitrogens with one attached hydrogen (secondary N) is 1. The van der Waals surface area contributed by atoms with Crippen molar-refractivity contribution in [2.45, 2.75) is 17.8 Å². The molecule has 5 nitrogen and oxygen atoms in total. The third-order valence-corrected chi connectivity index (χ3v) is 3.93. The van der Waals surface area contributed by atoms with Crippen molar-refractivity contribution in [3.63, 3.8) is 0 Å². The van der Waals surface area contributed by atoms with E-state index in [0.29, 0.717) is 28.9 Å². The average Bonchev–Trinajstić information content (AvgIpc) is 3.04. The lowest BCUT2D eigenvalue weighted by Crippen LogP contribution is -1.93. The quantitative estimate of drug-likeness (QED) is 0.698. The van der Waals surface area contributed by atoms with E-state index in [1.807, 2.05) is 19.1 Å². The van der Waals surface area contributed by atoms with Crippen molar-refractivity contribution in [1.29, 1.82) is 0 Å². The summed E-state index contributed by atoms with van der Waals surface area (Å²) in [5.41, 5.74) is 1.31. The first kappa shape index (κ1) is 15.5. The molecule has 0 aliphatic rings. The highest BCUT2D eigenvalue weighted by molar-refractivity contribution is 7.98. The molecule has 0 atom stereocenters. The number of aromatic amines is 1. The van der Waals surface area contributed by atoms with Crippen LogP contribution in [0.2, 0.25) is 0 Å². The van der Waals surface area contributed by atoms with E-state index in [0.717, 1.165) is 11.4 Å². The first-order valence-electron chi connectivity index (χ1n) is 7.14. The number of nitrogens with zero attached hydrogens (tertiary/aromatic N) is 3. The van der Waals surface area contributed by atoms with Crippen LogP contribution in [0.4, 0.5) is 4.39 Å². The van der Waals surface area contributed by atoms with Crippen molar-refractivity contribution in [3.05, 3.63) is 54.1 Å². The number of hydrogen-bond acceptors (Lipinski definition) is 5. The maximum atomic E-state index is 13.7. The molecular weight excluding hydrogens is 315 g/mol. The molecular formula is C16H15FN4OS. The normalized spacial score (nSPS) is 10.7. The summed E-state index contributed by atoms with van der Waals surface area (Å²) in [5, 5.41) is 7.42. The van der Waals surface area contributed by atoms with Gasteiger partial charge in [0.15, 0.2) is 5.82 Å². The monoisotopic (exact) mass is 330 g/mol. The molecule has 0 aliphatic carbocycles. The van der Waals surface area contributed by atoms with Crippen molar-refractivity contribution < 1.29 is 9.13 Å². The number of halogens is 1. The maximum Gasteiger partial charge on any atom is 0.209 e. The number of H-pyrrole nitrogens is 1. The Morgan fingerprint density at radius 3 is 2.83 bits per heavy atom. The lowest BCUT2D eigenvalue weighted by atomic mass is 10.2. The zero-order valence-electron chi connectivity index (χ0n) is 12.5. The van der Waals surface area contributed by atoms with Gasteiger partial charge in [-0.25, -0.2) is 9.37 Å². The molecule has 1 aromatic carbocycles. The molecule has 0 saturated heterocycles. The van der Waals surface area contributed by atoms with E-state index >= 15 is 0 Å². The second-order valence-electron chi connectivity index (χ2n) is 4.65. The van der Waals surface area contributed by atoms with Crippen LogP contribution >= 0.6 is 11.8 Å². The predicted molar refractivity (Wildman–Crippen MR) is 86.7 cm³/mol. The summed E-state index contributed by atoms with van der Waals surface area (Å²) in [6, 6.07) is 10.3. The van der Waals surface area contributed by atoms with Crippen LogP contribution in [-0.2, 0) is 5.75 Å². The highest BCUT2D eigenvalue weighted by atomic mass is 32.2. The summed E-state index contributed by atoms with van der Waals surface area (Å²) in [6.45, 7) is 2.55. The van der Waals surface area contributed by atoms with Crippen LogP contribution in [-0.4, -0.2) is 26.8 Å². The molecule has 0 fully saturated rings. The molecule has 23 heavy (non-hydrogen) atoms. The molecule has 7 heteroatoms. The Morgan fingerprint density at radius 1 is 1.22 bits per heavy atom.